The van der Waals surface area contributed by atoms with Crippen LogP contribution in [0.2, 0.25) is 0 Å². The Morgan fingerprint density at radius 3 is 2.14 bits per heavy atom. The second-order valence-electron chi connectivity index (χ2n) is 4.93. The van der Waals surface area contributed by atoms with Crippen LogP contribution in [0.25, 0.3) is 0 Å². The molecule has 2 aromatic rings. The third-order valence-electron chi connectivity index (χ3n) is 3.00. The van der Waals surface area contributed by atoms with E-state index in [4.69, 9.17) is 10.8 Å². The molecule has 0 unspecified atom stereocenters. The molecule has 2 aliphatic carbocycles. The average Bonchev–Trinajstić information content (AvgIpc) is 3.36. The molecule has 4 rings (SSSR count). The maximum absolute atomic E-state index is 10.2. The number of nitrogen functional groups attached to an aromatic ring is 1. The van der Waals surface area contributed by atoms with E-state index in [0.29, 0.717) is 22.1 Å². The number of carbonyl (C=O) groups is 1. The molecular formula is C11H14N6O2S2. The van der Waals surface area contributed by atoms with Crippen LogP contribution in [0.3, 0.4) is 0 Å². The molecule has 2 saturated carbocycles. The molecular weight excluding hydrogens is 312 g/mol. The van der Waals surface area contributed by atoms with E-state index in [-0.39, 0.29) is 0 Å². The summed E-state index contributed by atoms with van der Waals surface area (Å²) in [6.07, 6.45) is 3.66. The van der Waals surface area contributed by atoms with Crippen LogP contribution in [0.4, 0.5) is 15.1 Å². The van der Waals surface area contributed by atoms with Crippen LogP contribution < -0.4 is 11.1 Å². The summed E-state index contributed by atoms with van der Waals surface area (Å²) in [4.78, 5) is 18.3. The van der Waals surface area contributed by atoms with Crippen LogP contribution in [-0.2, 0) is 0 Å². The lowest BCUT2D eigenvalue weighted by atomic mass is 10.4. The number of anilines is 2. The van der Waals surface area contributed by atoms with E-state index < -0.39 is 6.09 Å². The first kappa shape index (κ1) is 14.1. The minimum Gasteiger partial charge on any atom is -0.465 e. The summed E-state index contributed by atoms with van der Waals surface area (Å²) < 4.78 is 8.12. The highest BCUT2D eigenvalue weighted by atomic mass is 32.1. The highest BCUT2D eigenvalue weighted by Crippen LogP contribution is 2.39. The summed E-state index contributed by atoms with van der Waals surface area (Å²) in [5, 5.41) is 11.5. The number of nitrogens with zero attached hydrogens (tertiary/aromatic N) is 4. The maximum atomic E-state index is 10.2. The number of rotatable bonds is 3. The van der Waals surface area contributed by atoms with Crippen molar-refractivity contribution in [3.63, 3.8) is 0 Å². The van der Waals surface area contributed by atoms with Gasteiger partial charge < -0.3 is 10.8 Å². The van der Waals surface area contributed by atoms with Crippen LogP contribution >= 0.6 is 23.1 Å². The van der Waals surface area contributed by atoms with Gasteiger partial charge in [-0.3, -0.25) is 5.32 Å². The Balaban J connectivity index is 0.000000131. The summed E-state index contributed by atoms with van der Waals surface area (Å²) in [6.45, 7) is 0. The Kier molecular flexibility index (Phi) is 3.97. The second kappa shape index (κ2) is 5.90. The second-order valence-corrected chi connectivity index (χ2v) is 6.46. The minimum absolute atomic E-state index is 0.365. The molecule has 2 aliphatic rings. The monoisotopic (exact) mass is 326 g/mol. The predicted octanol–water partition coefficient (Wildman–Crippen LogP) is 2.50. The quantitative estimate of drug-likeness (QED) is 0.790. The van der Waals surface area contributed by atoms with Gasteiger partial charge in [-0.2, -0.15) is 8.75 Å². The van der Waals surface area contributed by atoms with Crippen LogP contribution in [0.15, 0.2) is 0 Å². The Morgan fingerprint density at radius 2 is 1.67 bits per heavy atom. The van der Waals surface area contributed by atoms with E-state index in [9.17, 15) is 4.79 Å². The normalized spacial score (nSPS) is 17.0. The van der Waals surface area contributed by atoms with Crippen molar-refractivity contribution < 1.29 is 9.90 Å². The minimum atomic E-state index is -1.09. The van der Waals surface area contributed by atoms with Gasteiger partial charge in [0.15, 0.2) is 5.13 Å². The molecule has 21 heavy (non-hydrogen) atoms. The molecule has 0 spiro atoms. The van der Waals surface area contributed by atoms with Crippen LogP contribution in [0.1, 0.15) is 49.2 Å². The number of carboxylic acid groups (broad SMARTS) is 1. The third-order valence-corrected chi connectivity index (χ3v) is 4.20. The molecule has 1 amide bonds. The summed E-state index contributed by atoms with van der Waals surface area (Å²) in [5.74, 6) is 2.85. The lowest BCUT2D eigenvalue weighted by Gasteiger charge is -1.89. The van der Waals surface area contributed by atoms with Gasteiger partial charge >= 0.3 is 6.09 Å². The molecule has 0 atom stereocenters. The van der Waals surface area contributed by atoms with Crippen LogP contribution in [0, 0.1) is 0 Å². The Morgan fingerprint density at radius 1 is 1.10 bits per heavy atom. The molecule has 8 nitrogen and oxygen atoms in total. The number of nitrogens with two attached hydrogens (primary N) is 1. The Hall–Kier alpha value is -1.81. The molecule has 0 radical (unpaired) electrons. The zero-order valence-electron chi connectivity index (χ0n) is 11.0. The number of hydrogen-bond acceptors (Lipinski definition) is 8. The first-order valence-electron chi connectivity index (χ1n) is 6.54. The Labute approximate surface area is 128 Å². The number of hydrogen-bond donors (Lipinski definition) is 3. The predicted molar refractivity (Wildman–Crippen MR) is 79.8 cm³/mol. The highest BCUT2D eigenvalue weighted by Gasteiger charge is 2.28. The molecule has 2 fully saturated rings. The fraction of sp³-hybridized carbons (Fsp3) is 0.545. The van der Waals surface area contributed by atoms with E-state index in [2.05, 4.69) is 24.0 Å². The van der Waals surface area contributed by atoms with Crippen molar-refractivity contribution in [3.8, 4) is 0 Å². The lowest BCUT2D eigenvalue weighted by molar-refractivity contribution is 0.209. The SMILES string of the molecule is Nc1nc(C2CC2)ns1.O=C(O)Nc1nc(C2CC2)ns1. The smallest absolute Gasteiger partial charge is 0.411 e. The van der Waals surface area contributed by atoms with Crippen LogP contribution in [0.5, 0.6) is 0 Å². The van der Waals surface area contributed by atoms with Gasteiger partial charge in [-0.15, -0.1) is 0 Å². The molecule has 0 bridgehead atoms. The molecule has 4 N–H and O–H groups in total. The highest BCUT2D eigenvalue weighted by molar-refractivity contribution is 7.10. The molecule has 112 valence electrons. The van der Waals surface area contributed by atoms with Gasteiger partial charge in [0.05, 0.1) is 0 Å². The van der Waals surface area contributed by atoms with Crippen molar-refractivity contribution in [3.05, 3.63) is 11.6 Å². The van der Waals surface area contributed by atoms with Crippen molar-refractivity contribution in [1.82, 2.24) is 18.7 Å². The zero-order valence-corrected chi connectivity index (χ0v) is 12.7. The standard InChI is InChI=1S/C6H7N3O2S.C5H7N3S/c10-6(11)8-5-7-4(9-12-5)3-1-2-3;6-5-7-4(8-9-5)3-1-2-3/h3H,1-2H2,(H,10,11)(H,7,8,9);3H,1-2H2,(H2,6,7,8). The van der Waals surface area contributed by atoms with E-state index in [1.165, 1.54) is 24.4 Å². The van der Waals surface area contributed by atoms with Gasteiger partial charge in [0.1, 0.15) is 11.6 Å². The molecule has 0 saturated heterocycles. The average molecular weight is 326 g/mol. The third kappa shape index (κ3) is 4.08. The number of aromatic nitrogens is 4. The van der Waals surface area contributed by atoms with Crippen LogP contribution in [-0.4, -0.2) is 29.9 Å². The Bertz CT molecular complexity index is 634. The van der Waals surface area contributed by atoms with Gasteiger partial charge in [-0.05, 0) is 25.7 Å². The van der Waals surface area contributed by atoms with Gasteiger partial charge in [-0.25, -0.2) is 14.8 Å². The van der Waals surface area contributed by atoms with E-state index >= 15 is 0 Å². The molecule has 2 heterocycles. The van der Waals surface area contributed by atoms with Gasteiger partial charge in [0.25, 0.3) is 0 Å². The number of nitrogens with one attached hydrogen (secondary N) is 1. The fourth-order valence-corrected chi connectivity index (χ4v) is 2.79. The topological polar surface area (TPSA) is 127 Å². The molecule has 0 aliphatic heterocycles. The zero-order chi connectivity index (χ0) is 14.8. The summed E-state index contributed by atoms with van der Waals surface area (Å²) in [5.41, 5.74) is 5.39. The number of amides is 1. The summed E-state index contributed by atoms with van der Waals surface area (Å²) in [7, 11) is 0. The van der Waals surface area contributed by atoms with E-state index in [1.807, 2.05) is 0 Å². The summed E-state index contributed by atoms with van der Waals surface area (Å²) >= 11 is 2.38. The molecule has 0 aromatic carbocycles. The van der Waals surface area contributed by atoms with Crippen molar-refractivity contribution in [1.29, 1.82) is 0 Å². The largest absolute Gasteiger partial charge is 0.465 e. The molecule has 2 aromatic heterocycles. The first-order valence-corrected chi connectivity index (χ1v) is 8.09. The van der Waals surface area contributed by atoms with Crippen molar-refractivity contribution in [2.24, 2.45) is 0 Å². The van der Waals surface area contributed by atoms with Gasteiger partial charge in [0.2, 0.25) is 5.13 Å². The van der Waals surface area contributed by atoms with Crippen molar-refractivity contribution in [2.75, 3.05) is 11.1 Å². The van der Waals surface area contributed by atoms with Gasteiger partial charge in [0, 0.05) is 34.9 Å². The summed E-state index contributed by atoms with van der Waals surface area (Å²) in [6, 6.07) is 0. The lowest BCUT2D eigenvalue weighted by Crippen LogP contribution is -2.06. The van der Waals surface area contributed by atoms with E-state index in [1.54, 1.807) is 0 Å². The molecule has 10 heteroatoms. The van der Waals surface area contributed by atoms with Crippen molar-refractivity contribution >= 4 is 39.4 Å². The maximum Gasteiger partial charge on any atom is 0.411 e. The fourth-order valence-electron chi connectivity index (χ4n) is 1.64. The van der Waals surface area contributed by atoms with Gasteiger partial charge in [-0.1, -0.05) is 0 Å². The van der Waals surface area contributed by atoms with E-state index in [0.717, 1.165) is 36.0 Å². The van der Waals surface area contributed by atoms with Crippen molar-refractivity contribution in [2.45, 2.75) is 37.5 Å². The first-order chi connectivity index (χ1) is 10.1.